The molecule has 1 fully saturated rings. The van der Waals surface area contributed by atoms with Gasteiger partial charge in [0.1, 0.15) is 0 Å². The lowest BCUT2D eigenvalue weighted by molar-refractivity contribution is -0.138. The van der Waals surface area contributed by atoms with Crippen molar-refractivity contribution in [1.29, 1.82) is 0 Å². The zero-order chi connectivity index (χ0) is 20.9. The van der Waals surface area contributed by atoms with Gasteiger partial charge in [-0.15, -0.1) is 0 Å². The maximum atomic E-state index is 12.9. The van der Waals surface area contributed by atoms with E-state index in [1.807, 2.05) is 18.2 Å². The van der Waals surface area contributed by atoms with Crippen molar-refractivity contribution in [3.63, 3.8) is 0 Å². The van der Waals surface area contributed by atoms with Crippen molar-refractivity contribution in [2.45, 2.75) is 37.9 Å². The summed E-state index contributed by atoms with van der Waals surface area (Å²) in [6, 6.07) is 11.0. The minimum atomic E-state index is -4.40. The second-order valence-electron chi connectivity index (χ2n) is 7.52. The van der Waals surface area contributed by atoms with E-state index in [0.29, 0.717) is 5.56 Å². The first-order valence-corrected chi connectivity index (χ1v) is 9.87. The number of rotatable bonds is 6. The van der Waals surface area contributed by atoms with Crippen LogP contribution in [-0.4, -0.2) is 53.4 Å². The summed E-state index contributed by atoms with van der Waals surface area (Å²) in [5, 5.41) is 0. The van der Waals surface area contributed by atoms with E-state index in [0.717, 1.165) is 56.7 Å². The molecule has 0 aliphatic carbocycles. The molecule has 1 saturated heterocycles. The van der Waals surface area contributed by atoms with Crippen molar-refractivity contribution in [3.05, 3.63) is 65.5 Å². The van der Waals surface area contributed by atoms with Gasteiger partial charge in [-0.1, -0.05) is 24.3 Å². The lowest BCUT2D eigenvalue weighted by atomic mass is 10.0. The predicted octanol–water partition coefficient (Wildman–Crippen LogP) is 3.81. The summed E-state index contributed by atoms with van der Waals surface area (Å²) in [4.78, 5) is 21.0. The fourth-order valence-corrected chi connectivity index (χ4v) is 3.71. The van der Waals surface area contributed by atoms with Gasteiger partial charge in [-0.05, 0) is 36.6 Å². The number of likely N-dealkylation sites (N-methyl/N-ethyl adjacent to an activating group) is 1. The second-order valence-corrected chi connectivity index (χ2v) is 7.52. The Morgan fingerprint density at radius 1 is 1.17 bits per heavy atom. The monoisotopic (exact) mass is 405 g/mol. The quantitative estimate of drug-likeness (QED) is 0.733. The van der Waals surface area contributed by atoms with E-state index >= 15 is 0 Å². The third kappa shape index (κ3) is 6.03. The fraction of sp³-hybridized carbons (Fsp3) is 0.455. The van der Waals surface area contributed by atoms with Crippen LogP contribution in [-0.2, 0) is 23.8 Å². The lowest BCUT2D eigenvalue weighted by Gasteiger charge is -2.36. The average Bonchev–Trinajstić information content (AvgIpc) is 2.72. The van der Waals surface area contributed by atoms with Gasteiger partial charge < -0.3 is 9.80 Å². The van der Waals surface area contributed by atoms with E-state index in [1.165, 1.54) is 6.07 Å². The molecule has 0 spiro atoms. The largest absolute Gasteiger partial charge is 0.416 e. The van der Waals surface area contributed by atoms with E-state index in [9.17, 15) is 18.0 Å². The van der Waals surface area contributed by atoms with Crippen LogP contribution in [0.1, 0.15) is 29.7 Å². The molecule has 3 rings (SSSR count). The summed E-state index contributed by atoms with van der Waals surface area (Å²) in [5.41, 5.74) is 0.749. The van der Waals surface area contributed by atoms with Gasteiger partial charge >= 0.3 is 6.18 Å². The van der Waals surface area contributed by atoms with Crippen molar-refractivity contribution >= 4 is 5.91 Å². The Bertz CT molecular complexity index is 802. The molecule has 1 amide bonds. The Labute approximate surface area is 169 Å². The first-order chi connectivity index (χ1) is 13.8. The molecule has 2 aromatic rings. The third-order valence-electron chi connectivity index (χ3n) is 5.52. The number of hydrogen-bond acceptors (Lipinski definition) is 3. The minimum Gasteiger partial charge on any atom is -0.342 e. The summed E-state index contributed by atoms with van der Waals surface area (Å²) < 4.78 is 38.6. The molecular formula is C22H26F3N3O. The maximum Gasteiger partial charge on any atom is 0.416 e. The SMILES string of the molecule is CN(C(=O)Cc1cccc(C(F)(F)F)c1)C1CCN(CCc2ccccn2)CC1. The topological polar surface area (TPSA) is 36.4 Å². The molecule has 1 aromatic heterocycles. The van der Waals surface area contributed by atoms with Gasteiger partial charge in [0.05, 0.1) is 12.0 Å². The van der Waals surface area contributed by atoms with Crippen molar-refractivity contribution in [2.75, 3.05) is 26.7 Å². The summed E-state index contributed by atoms with van der Waals surface area (Å²) in [6.45, 7) is 2.74. The molecule has 4 nitrogen and oxygen atoms in total. The van der Waals surface area contributed by atoms with Crippen LogP contribution < -0.4 is 0 Å². The molecule has 156 valence electrons. The van der Waals surface area contributed by atoms with E-state index in [-0.39, 0.29) is 18.4 Å². The number of nitrogens with zero attached hydrogens (tertiary/aromatic N) is 3. The number of carbonyl (C=O) groups excluding carboxylic acids is 1. The molecule has 0 atom stereocenters. The molecular weight excluding hydrogens is 379 g/mol. The van der Waals surface area contributed by atoms with Crippen LogP contribution in [0.3, 0.4) is 0 Å². The van der Waals surface area contributed by atoms with Gasteiger partial charge in [-0.2, -0.15) is 13.2 Å². The maximum absolute atomic E-state index is 12.9. The van der Waals surface area contributed by atoms with E-state index < -0.39 is 11.7 Å². The molecule has 1 aliphatic rings. The number of likely N-dealkylation sites (tertiary alicyclic amines) is 1. The Morgan fingerprint density at radius 3 is 2.59 bits per heavy atom. The number of piperidine rings is 1. The molecule has 2 heterocycles. The van der Waals surface area contributed by atoms with E-state index in [1.54, 1.807) is 24.2 Å². The number of benzene rings is 1. The number of halogens is 3. The van der Waals surface area contributed by atoms with Crippen LogP contribution in [0.15, 0.2) is 48.7 Å². The number of amides is 1. The van der Waals surface area contributed by atoms with Gasteiger partial charge in [0.25, 0.3) is 0 Å². The molecule has 0 N–H and O–H groups in total. The highest BCUT2D eigenvalue weighted by Gasteiger charge is 2.31. The number of aromatic nitrogens is 1. The van der Waals surface area contributed by atoms with Crippen molar-refractivity contribution in [1.82, 2.24) is 14.8 Å². The standard InChI is InChI=1S/C22H26F3N3O/c1-27(21(29)16-17-5-4-6-18(15-17)22(23,24)25)20-9-13-28(14-10-20)12-8-19-7-2-3-11-26-19/h2-7,11,15,20H,8-10,12-14,16H2,1H3. The van der Waals surface area contributed by atoms with Crippen LogP contribution in [0, 0.1) is 0 Å². The highest BCUT2D eigenvalue weighted by molar-refractivity contribution is 5.78. The van der Waals surface area contributed by atoms with Crippen LogP contribution in [0.5, 0.6) is 0 Å². The summed E-state index contributed by atoms with van der Waals surface area (Å²) >= 11 is 0. The second kappa shape index (κ2) is 9.39. The Morgan fingerprint density at radius 2 is 1.93 bits per heavy atom. The third-order valence-corrected chi connectivity index (χ3v) is 5.52. The summed E-state index contributed by atoms with van der Waals surface area (Å²) in [6.07, 6.45) is 0.0236. The Kier molecular flexibility index (Phi) is 6.90. The summed E-state index contributed by atoms with van der Waals surface area (Å²) in [5.74, 6) is -0.142. The van der Waals surface area contributed by atoms with Crippen molar-refractivity contribution in [2.24, 2.45) is 0 Å². The van der Waals surface area contributed by atoms with Crippen LogP contribution >= 0.6 is 0 Å². The number of hydrogen-bond donors (Lipinski definition) is 0. The average molecular weight is 405 g/mol. The number of carbonyl (C=O) groups is 1. The van der Waals surface area contributed by atoms with Crippen molar-refractivity contribution < 1.29 is 18.0 Å². The molecule has 0 radical (unpaired) electrons. The molecule has 7 heteroatoms. The first-order valence-electron chi connectivity index (χ1n) is 9.87. The van der Waals surface area contributed by atoms with Crippen LogP contribution in [0.25, 0.3) is 0 Å². The normalized spacial score (nSPS) is 16.0. The highest BCUT2D eigenvalue weighted by Crippen LogP contribution is 2.29. The van der Waals surface area contributed by atoms with Gasteiger partial charge in [0.15, 0.2) is 0 Å². The first kappa shape index (κ1) is 21.3. The Balaban J connectivity index is 1.47. The summed E-state index contributed by atoms with van der Waals surface area (Å²) in [7, 11) is 1.75. The highest BCUT2D eigenvalue weighted by atomic mass is 19.4. The van der Waals surface area contributed by atoms with Gasteiger partial charge in [-0.25, -0.2) is 0 Å². The molecule has 0 saturated carbocycles. The zero-order valence-corrected chi connectivity index (χ0v) is 16.5. The molecule has 1 aromatic carbocycles. The van der Waals surface area contributed by atoms with Gasteiger partial charge in [0.2, 0.25) is 5.91 Å². The fourth-order valence-electron chi connectivity index (χ4n) is 3.71. The van der Waals surface area contributed by atoms with Crippen molar-refractivity contribution in [3.8, 4) is 0 Å². The molecule has 29 heavy (non-hydrogen) atoms. The molecule has 0 unspecified atom stereocenters. The van der Waals surface area contributed by atoms with Gasteiger partial charge in [-0.3, -0.25) is 9.78 Å². The predicted molar refractivity (Wildman–Crippen MR) is 105 cm³/mol. The molecule has 1 aliphatic heterocycles. The van der Waals surface area contributed by atoms with Gasteiger partial charge in [0, 0.05) is 51.0 Å². The zero-order valence-electron chi connectivity index (χ0n) is 16.5. The number of pyridine rings is 1. The molecule has 0 bridgehead atoms. The van der Waals surface area contributed by atoms with Crippen LogP contribution in [0.4, 0.5) is 13.2 Å². The lowest BCUT2D eigenvalue weighted by Crippen LogP contribution is -2.46. The number of alkyl halides is 3. The van der Waals surface area contributed by atoms with E-state index in [4.69, 9.17) is 0 Å². The minimum absolute atomic E-state index is 0.0136. The smallest absolute Gasteiger partial charge is 0.342 e. The Hall–Kier alpha value is -2.41. The van der Waals surface area contributed by atoms with Crippen LogP contribution in [0.2, 0.25) is 0 Å². The van der Waals surface area contributed by atoms with E-state index in [2.05, 4.69) is 9.88 Å².